The average Bonchev–Trinajstić information content (AvgIpc) is 3.07. The van der Waals surface area contributed by atoms with Gasteiger partial charge < -0.3 is 20.3 Å². The third kappa shape index (κ3) is 8.03. The molecule has 0 radical (unpaired) electrons. The number of aromatic nitrogens is 1. The Labute approximate surface area is 180 Å². The van der Waals surface area contributed by atoms with Crippen LogP contribution in [0.2, 0.25) is 0 Å². The van der Waals surface area contributed by atoms with Gasteiger partial charge in [0.25, 0.3) is 0 Å². The second-order valence-corrected chi connectivity index (χ2v) is 7.72. The standard InChI is InChI=1S/C24H35N5O/c1-25-24(27-15-8-18-29-16-6-2-3-7-17-29)28-19-21-10-12-23(13-11-21)30-20-22-9-4-5-14-26-22/h4-5,9-14H,2-3,6-8,15-20H2,1H3,(H2,25,27,28). The molecule has 2 heterocycles. The number of ether oxygens (including phenoxy) is 1. The van der Waals surface area contributed by atoms with E-state index in [-0.39, 0.29) is 0 Å². The molecular weight excluding hydrogens is 374 g/mol. The summed E-state index contributed by atoms with van der Waals surface area (Å²) < 4.78 is 5.79. The van der Waals surface area contributed by atoms with E-state index >= 15 is 0 Å². The second kappa shape index (κ2) is 12.9. The zero-order valence-electron chi connectivity index (χ0n) is 18.1. The third-order valence-corrected chi connectivity index (χ3v) is 5.36. The molecule has 0 unspecified atom stereocenters. The predicted octanol–water partition coefficient (Wildman–Crippen LogP) is 3.59. The zero-order chi connectivity index (χ0) is 20.9. The topological polar surface area (TPSA) is 61.8 Å². The molecule has 1 aromatic heterocycles. The Morgan fingerprint density at radius 3 is 2.53 bits per heavy atom. The minimum absolute atomic E-state index is 0.479. The first-order chi connectivity index (χ1) is 14.8. The monoisotopic (exact) mass is 409 g/mol. The summed E-state index contributed by atoms with van der Waals surface area (Å²) in [6, 6.07) is 14.0. The van der Waals surface area contributed by atoms with E-state index in [4.69, 9.17) is 4.74 Å². The van der Waals surface area contributed by atoms with Crippen LogP contribution >= 0.6 is 0 Å². The first-order valence-corrected chi connectivity index (χ1v) is 11.1. The first-order valence-electron chi connectivity index (χ1n) is 11.1. The molecule has 0 saturated carbocycles. The summed E-state index contributed by atoms with van der Waals surface area (Å²) in [7, 11) is 1.82. The number of nitrogens with zero attached hydrogens (tertiary/aromatic N) is 3. The number of nitrogens with one attached hydrogen (secondary N) is 2. The molecule has 3 rings (SSSR count). The maximum atomic E-state index is 5.79. The molecule has 162 valence electrons. The Balaban J connectivity index is 1.33. The van der Waals surface area contributed by atoms with Gasteiger partial charge in [-0.25, -0.2) is 0 Å². The Morgan fingerprint density at radius 1 is 1.03 bits per heavy atom. The van der Waals surface area contributed by atoms with Crippen molar-refractivity contribution < 1.29 is 4.74 Å². The first kappa shape index (κ1) is 22.1. The Morgan fingerprint density at radius 2 is 1.83 bits per heavy atom. The molecule has 2 aromatic rings. The number of likely N-dealkylation sites (tertiary alicyclic amines) is 1. The van der Waals surface area contributed by atoms with Gasteiger partial charge in [0.05, 0.1) is 5.69 Å². The van der Waals surface area contributed by atoms with Crippen molar-refractivity contribution in [1.29, 1.82) is 0 Å². The quantitative estimate of drug-likeness (QED) is 0.376. The van der Waals surface area contributed by atoms with Gasteiger partial charge in [-0.3, -0.25) is 9.98 Å². The lowest BCUT2D eigenvalue weighted by Crippen LogP contribution is -2.38. The van der Waals surface area contributed by atoms with Gasteiger partial charge in [0, 0.05) is 26.3 Å². The van der Waals surface area contributed by atoms with Crippen LogP contribution < -0.4 is 15.4 Å². The molecule has 0 atom stereocenters. The molecule has 1 saturated heterocycles. The van der Waals surface area contributed by atoms with E-state index in [1.807, 2.05) is 37.4 Å². The van der Waals surface area contributed by atoms with E-state index in [1.165, 1.54) is 50.9 Å². The molecule has 30 heavy (non-hydrogen) atoms. The third-order valence-electron chi connectivity index (χ3n) is 5.36. The van der Waals surface area contributed by atoms with Crippen molar-refractivity contribution in [2.75, 3.05) is 33.2 Å². The van der Waals surface area contributed by atoms with Crippen LogP contribution in [0.25, 0.3) is 0 Å². The lowest BCUT2D eigenvalue weighted by Gasteiger charge is -2.20. The molecule has 0 spiro atoms. The van der Waals surface area contributed by atoms with Crippen LogP contribution in [0.5, 0.6) is 5.75 Å². The number of aliphatic imine (C=N–C) groups is 1. The van der Waals surface area contributed by atoms with Gasteiger partial charge in [0.2, 0.25) is 0 Å². The summed E-state index contributed by atoms with van der Waals surface area (Å²) in [6.45, 7) is 5.84. The number of guanidine groups is 1. The zero-order valence-corrected chi connectivity index (χ0v) is 18.1. The highest BCUT2D eigenvalue weighted by molar-refractivity contribution is 5.79. The van der Waals surface area contributed by atoms with Crippen LogP contribution in [0.1, 0.15) is 43.4 Å². The fourth-order valence-corrected chi connectivity index (χ4v) is 3.62. The maximum absolute atomic E-state index is 5.79. The molecule has 0 amide bonds. The number of pyridine rings is 1. The van der Waals surface area contributed by atoms with Gasteiger partial charge in [-0.05, 0) is 68.7 Å². The summed E-state index contributed by atoms with van der Waals surface area (Å²) in [6.07, 6.45) is 8.41. The van der Waals surface area contributed by atoms with Crippen LogP contribution in [0.15, 0.2) is 53.7 Å². The summed E-state index contributed by atoms with van der Waals surface area (Å²) in [5.74, 6) is 1.70. The van der Waals surface area contributed by atoms with Crippen LogP contribution in [-0.4, -0.2) is 49.1 Å². The highest BCUT2D eigenvalue weighted by atomic mass is 16.5. The molecule has 1 aliphatic heterocycles. The number of benzene rings is 1. The maximum Gasteiger partial charge on any atom is 0.191 e. The van der Waals surface area contributed by atoms with Crippen molar-refractivity contribution >= 4 is 5.96 Å². The van der Waals surface area contributed by atoms with Gasteiger partial charge in [-0.15, -0.1) is 0 Å². The van der Waals surface area contributed by atoms with Gasteiger partial charge in [0.1, 0.15) is 12.4 Å². The SMILES string of the molecule is CN=C(NCCCN1CCCCCC1)NCc1ccc(OCc2ccccn2)cc1. The van der Waals surface area contributed by atoms with E-state index in [0.29, 0.717) is 6.61 Å². The molecule has 1 fully saturated rings. The van der Waals surface area contributed by atoms with Crippen molar-refractivity contribution in [3.8, 4) is 5.75 Å². The predicted molar refractivity (Wildman–Crippen MR) is 123 cm³/mol. The van der Waals surface area contributed by atoms with Gasteiger partial charge in [0.15, 0.2) is 5.96 Å². The van der Waals surface area contributed by atoms with Crippen LogP contribution in [0.4, 0.5) is 0 Å². The molecule has 6 nitrogen and oxygen atoms in total. The van der Waals surface area contributed by atoms with Crippen molar-refractivity contribution in [1.82, 2.24) is 20.5 Å². The number of hydrogen-bond acceptors (Lipinski definition) is 4. The van der Waals surface area contributed by atoms with E-state index < -0.39 is 0 Å². The number of rotatable bonds is 9. The molecule has 2 N–H and O–H groups in total. The molecule has 6 heteroatoms. The molecule has 0 bridgehead atoms. The van der Waals surface area contributed by atoms with Crippen LogP contribution in [-0.2, 0) is 13.2 Å². The molecule has 0 aliphatic carbocycles. The van der Waals surface area contributed by atoms with Crippen molar-refractivity contribution in [3.63, 3.8) is 0 Å². The van der Waals surface area contributed by atoms with Gasteiger partial charge in [-0.2, -0.15) is 0 Å². The Hall–Kier alpha value is -2.60. The van der Waals surface area contributed by atoms with E-state index in [9.17, 15) is 0 Å². The Bertz CT molecular complexity index is 740. The lowest BCUT2D eigenvalue weighted by atomic mass is 10.2. The van der Waals surface area contributed by atoms with E-state index in [1.54, 1.807) is 6.20 Å². The summed E-state index contributed by atoms with van der Waals surface area (Å²) in [5.41, 5.74) is 2.11. The minimum Gasteiger partial charge on any atom is -0.487 e. The lowest BCUT2D eigenvalue weighted by molar-refractivity contribution is 0.282. The smallest absolute Gasteiger partial charge is 0.191 e. The molecule has 1 aromatic carbocycles. The van der Waals surface area contributed by atoms with E-state index in [0.717, 1.165) is 36.9 Å². The Kier molecular flexibility index (Phi) is 9.47. The largest absolute Gasteiger partial charge is 0.487 e. The highest BCUT2D eigenvalue weighted by Gasteiger charge is 2.08. The fraction of sp³-hybridized carbons (Fsp3) is 0.500. The van der Waals surface area contributed by atoms with Gasteiger partial charge >= 0.3 is 0 Å². The second-order valence-electron chi connectivity index (χ2n) is 7.72. The van der Waals surface area contributed by atoms with Crippen LogP contribution in [0.3, 0.4) is 0 Å². The van der Waals surface area contributed by atoms with E-state index in [2.05, 4.69) is 37.6 Å². The number of hydrogen-bond donors (Lipinski definition) is 2. The van der Waals surface area contributed by atoms with Crippen molar-refractivity contribution in [2.45, 2.75) is 45.3 Å². The highest BCUT2D eigenvalue weighted by Crippen LogP contribution is 2.14. The van der Waals surface area contributed by atoms with Gasteiger partial charge in [-0.1, -0.05) is 31.0 Å². The average molecular weight is 410 g/mol. The summed E-state index contributed by atoms with van der Waals surface area (Å²) in [4.78, 5) is 11.2. The van der Waals surface area contributed by atoms with Crippen molar-refractivity contribution in [2.24, 2.45) is 4.99 Å². The molecular formula is C24H35N5O. The molecule has 1 aliphatic rings. The summed E-state index contributed by atoms with van der Waals surface area (Å²) >= 11 is 0. The van der Waals surface area contributed by atoms with Crippen molar-refractivity contribution in [3.05, 3.63) is 59.9 Å². The van der Waals surface area contributed by atoms with Crippen LogP contribution in [0, 0.1) is 0 Å². The summed E-state index contributed by atoms with van der Waals surface area (Å²) in [5, 5.41) is 6.81. The normalized spacial score (nSPS) is 15.4. The fourth-order valence-electron chi connectivity index (χ4n) is 3.62. The minimum atomic E-state index is 0.479.